The lowest BCUT2D eigenvalue weighted by molar-refractivity contribution is -0.123. The number of hydrogen-bond acceptors (Lipinski definition) is 4. The second-order valence-electron chi connectivity index (χ2n) is 6.79. The van der Waals surface area contributed by atoms with Gasteiger partial charge in [-0.15, -0.1) is 0 Å². The Bertz CT molecular complexity index is 470. The van der Waals surface area contributed by atoms with Crippen molar-refractivity contribution in [1.29, 1.82) is 0 Å². The summed E-state index contributed by atoms with van der Waals surface area (Å²) in [4.78, 5) is 14.0. The fraction of sp³-hybridized carbons (Fsp3) is 0.611. The lowest BCUT2D eigenvalue weighted by Gasteiger charge is -2.28. The zero-order chi connectivity index (χ0) is 17.3. The fourth-order valence-corrected chi connectivity index (χ4v) is 2.30. The van der Waals surface area contributed by atoms with Gasteiger partial charge in [-0.05, 0) is 50.2 Å². The highest BCUT2D eigenvalue weighted by atomic mass is 16.5. The van der Waals surface area contributed by atoms with E-state index >= 15 is 0 Å². The highest BCUT2D eigenvalue weighted by Crippen LogP contribution is 2.18. The smallest absolute Gasteiger partial charge is 0.257 e. The van der Waals surface area contributed by atoms with E-state index in [0.29, 0.717) is 18.9 Å². The van der Waals surface area contributed by atoms with Crippen molar-refractivity contribution in [2.45, 2.75) is 27.2 Å². The third kappa shape index (κ3) is 8.45. The van der Waals surface area contributed by atoms with Crippen molar-refractivity contribution in [3.8, 4) is 11.5 Å². The van der Waals surface area contributed by atoms with Crippen LogP contribution >= 0.6 is 0 Å². The Hall–Kier alpha value is -1.75. The molecular formula is C18H30N2O3. The van der Waals surface area contributed by atoms with Crippen LogP contribution in [-0.2, 0) is 4.79 Å². The van der Waals surface area contributed by atoms with Crippen LogP contribution in [0.4, 0.5) is 0 Å². The molecule has 0 aliphatic heterocycles. The van der Waals surface area contributed by atoms with E-state index in [4.69, 9.17) is 9.47 Å². The molecule has 0 saturated heterocycles. The van der Waals surface area contributed by atoms with Gasteiger partial charge in [0.1, 0.15) is 11.5 Å². The lowest BCUT2D eigenvalue weighted by atomic mass is 9.93. The second kappa shape index (κ2) is 9.40. The Morgan fingerprint density at radius 1 is 1.13 bits per heavy atom. The number of rotatable bonds is 10. The first-order valence-electron chi connectivity index (χ1n) is 8.09. The molecule has 0 aliphatic rings. The predicted molar refractivity (Wildman–Crippen MR) is 93.1 cm³/mol. The van der Waals surface area contributed by atoms with E-state index in [-0.39, 0.29) is 17.9 Å². The molecule has 0 fully saturated rings. The zero-order valence-corrected chi connectivity index (χ0v) is 15.0. The molecule has 0 spiro atoms. The molecule has 5 heteroatoms. The summed E-state index contributed by atoms with van der Waals surface area (Å²) in [5, 5.41) is 2.92. The highest BCUT2D eigenvalue weighted by molar-refractivity contribution is 5.77. The summed E-state index contributed by atoms with van der Waals surface area (Å²) in [6.07, 6.45) is 0.975. The van der Waals surface area contributed by atoms with Crippen LogP contribution in [0.25, 0.3) is 0 Å². The van der Waals surface area contributed by atoms with Gasteiger partial charge in [0.15, 0.2) is 6.61 Å². The SMILES string of the molecule is CCCOc1ccc(OCC(=O)NCC(C)(C)CN(C)C)cc1. The molecule has 23 heavy (non-hydrogen) atoms. The molecule has 1 aromatic carbocycles. The van der Waals surface area contributed by atoms with Gasteiger partial charge < -0.3 is 19.7 Å². The van der Waals surface area contributed by atoms with Crippen molar-refractivity contribution in [2.24, 2.45) is 5.41 Å². The number of amides is 1. The Morgan fingerprint density at radius 2 is 1.70 bits per heavy atom. The molecule has 0 aliphatic carbocycles. The van der Waals surface area contributed by atoms with Crippen LogP contribution in [0.5, 0.6) is 11.5 Å². The quantitative estimate of drug-likeness (QED) is 0.719. The maximum Gasteiger partial charge on any atom is 0.257 e. The number of ether oxygens (including phenoxy) is 2. The molecule has 1 amide bonds. The van der Waals surface area contributed by atoms with Crippen LogP contribution in [-0.4, -0.2) is 51.2 Å². The largest absolute Gasteiger partial charge is 0.494 e. The van der Waals surface area contributed by atoms with Crippen molar-refractivity contribution in [3.63, 3.8) is 0 Å². The minimum Gasteiger partial charge on any atom is -0.494 e. The lowest BCUT2D eigenvalue weighted by Crippen LogP contribution is -2.41. The van der Waals surface area contributed by atoms with Crippen LogP contribution < -0.4 is 14.8 Å². The molecule has 1 aromatic rings. The van der Waals surface area contributed by atoms with Gasteiger partial charge in [-0.3, -0.25) is 4.79 Å². The van der Waals surface area contributed by atoms with E-state index in [0.717, 1.165) is 18.7 Å². The number of benzene rings is 1. The first kappa shape index (κ1) is 19.3. The molecule has 0 atom stereocenters. The monoisotopic (exact) mass is 322 g/mol. The van der Waals surface area contributed by atoms with Gasteiger partial charge in [-0.25, -0.2) is 0 Å². The van der Waals surface area contributed by atoms with Crippen LogP contribution in [0, 0.1) is 5.41 Å². The number of nitrogens with one attached hydrogen (secondary N) is 1. The summed E-state index contributed by atoms with van der Waals surface area (Å²) in [5.74, 6) is 1.37. The van der Waals surface area contributed by atoms with E-state index in [1.54, 1.807) is 0 Å². The summed E-state index contributed by atoms with van der Waals surface area (Å²) in [5.41, 5.74) is 0.0252. The average Bonchev–Trinajstić information content (AvgIpc) is 2.49. The summed E-state index contributed by atoms with van der Waals surface area (Å²) in [6.45, 7) is 8.57. The van der Waals surface area contributed by atoms with Crippen LogP contribution in [0.2, 0.25) is 0 Å². The first-order valence-corrected chi connectivity index (χ1v) is 8.09. The highest BCUT2D eigenvalue weighted by Gasteiger charge is 2.19. The van der Waals surface area contributed by atoms with Crippen LogP contribution in [0.3, 0.4) is 0 Å². The Labute approximate surface area is 140 Å². The normalized spacial score (nSPS) is 11.4. The van der Waals surface area contributed by atoms with Gasteiger partial charge in [0, 0.05) is 13.1 Å². The van der Waals surface area contributed by atoms with E-state index in [1.807, 2.05) is 38.4 Å². The number of nitrogens with zero attached hydrogens (tertiary/aromatic N) is 1. The Kier molecular flexibility index (Phi) is 7.89. The molecular weight excluding hydrogens is 292 g/mol. The van der Waals surface area contributed by atoms with E-state index in [9.17, 15) is 4.79 Å². The van der Waals surface area contributed by atoms with Gasteiger partial charge in [0.25, 0.3) is 5.91 Å². The molecule has 5 nitrogen and oxygen atoms in total. The Morgan fingerprint density at radius 3 is 2.22 bits per heavy atom. The molecule has 130 valence electrons. The number of carbonyl (C=O) groups excluding carboxylic acids is 1. The molecule has 1 N–H and O–H groups in total. The van der Waals surface area contributed by atoms with Gasteiger partial charge in [-0.2, -0.15) is 0 Å². The van der Waals surface area contributed by atoms with E-state index in [2.05, 4.69) is 31.0 Å². The van der Waals surface area contributed by atoms with Gasteiger partial charge in [-0.1, -0.05) is 20.8 Å². The molecule has 0 unspecified atom stereocenters. The van der Waals surface area contributed by atoms with E-state index < -0.39 is 0 Å². The number of hydrogen-bond donors (Lipinski definition) is 1. The summed E-state index contributed by atoms with van der Waals surface area (Å²) in [7, 11) is 4.06. The second-order valence-corrected chi connectivity index (χ2v) is 6.79. The van der Waals surface area contributed by atoms with Crippen LogP contribution in [0.1, 0.15) is 27.2 Å². The summed E-state index contributed by atoms with van der Waals surface area (Å²) >= 11 is 0. The van der Waals surface area contributed by atoms with Gasteiger partial charge >= 0.3 is 0 Å². The van der Waals surface area contributed by atoms with Gasteiger partial charge in [0.05, 0.1) is 6.61 Å². The molecule has 0 heterocycles. The van der Waals surface area contributed by atoms with Crippen molar-refractivity contribution in [1.82, 2.24) is 10.2 Å². The molecule has 1 rings (SSSR count). The van der Waals surface area contributed by atoms with Crippen molar-refractivity contribution < 1.29 is 14.3 Å². The zero-order valence-electron chi connectivity index (χ0n) is 15.0. The van der Waals surface area contributed by atoms with E-state index in [1.165, 1.54) is 0 Å². The Balaban J connectivity index is 2.33. The summed E-state index contributed by atoms with van der Waals surface area (Å²) in [6, 6.07) is 7.33. The fourth-order valence-electron chi connectivity index (χ4n) is 2.30. The van der Waals surface area contributed by atoms with Crippen molar-refractivity contribution in [2.75, 3.05) is 40.4 Å². The number of carbonyl (C=O) groups is 1. The van der Waals surface area contributed by atoms with Crippen LogP contribution in [0.15, 0.2) is 24.3 Å². The predicted octanol–water partition coefficient (Wildman–Crippen LogP) is 2.56. The molecule has 0 radical (unpaired) electrons. The minimum atomic E-state index is -0.108. The maximum absolute atomic E-state index is 11.9. The minimum absolute atomic E-state index is 0.0210. The third-order valence-electron chi connectivity index (χ3n) is 3.17. The molecule has 0 saturated carbocycles. The first-order chi connectivity index (χ1) is 10.8. The maximum atomic E-state index is 11.9. The third-order valence-corrected chi connectivity index (χ3v) is 3.17. The van der Waals surface area contributed by atoms with Crippen molar-refractivity contribution >= 4 is 5.91 Å². The summed E-state index contributed by atoms with van der Waals surface area (Å²) < 4.78 is 11.0. The average molecular weight is 322 g/mol. The topological polar surface area (TPSA) is 50.8 Å². The standard InChI is InChI=1S/C18H30N2O3/c1-6-11-22-15-7-9-16(10-8-15)23-12-17(21)19-13-18(2,3)14-20(4)5/h7-10H,6,11-14H2,1-5H3,(H,19,21). The molecule has 0 bridgehead atoms. The van der Waals surface area contributed by atoms with Gasteiger partial charge in [0.2, 0.25) is 0 Å². The van der Waals surface area contributed by atoms with Crippen molar-refractivity contribution in [3.05, 3.63) is 24.3 Å². The molecule has 0 aromatic heterocycles.